The molecule has 5 heteroatoms. The van der Waals surface area contributed by atoms with Crippen LogP contribution in [0.25, 0.3) is 0 Å². The highest BCUT2D eigenvalue weighted by Crippen LogP contribution is 2.40. The highest BCUT2D eigenvalue weighted by atomic mass is 19.2. The molecule has 34 heavy (non-hydrogen) atoms. The molecule has 1 atom stereocenters. The third-order valence-corrected chi connectivity index (χ3v) is 8.38. The summed E-state index contributed by atoms with van der Waals surface area (Å²) in [4.78, 5) is 0. The van der Waals surface area contributed by atoms with Crippen LogP contribution in [-0.2, 0) is 16.1 Å². The molecule has 2 nitrogen and oxygen atoms in total. The van der Waals surface area contributed by atoms with Gasteiger partial charge in [0.05, 0.1) is 19.3 Å². The molecule has 0 N–H and O–H groups in total. The lowest BCUT2D eigenvalue weighted by Gasteiger charge is -2.29. The predicted molar refractivity (Wildman–Crippen MR) is 126 cm³/mol. The van der Waals surface area contributed by atoms with Crippen molar-refractivity contribution in [3.05, 3.63) is 70.0 Å². The average molecular weight is 473 g/mol. The number of ether oxygens (including phenoxy) is 2. The molecule has 5 rings (SSSR count). The SMILES string of the molecule is CCC1CCC(c2ccc(COC3CCC(c4ccc(C5CO5)c(F)c4)CC3)c(F)c2F)CC1. The lowest BCUT2D eigenvalue weighted by Crippen LogP contribution is -2.21. The van der Waals surface area contributed by atoms with Gasteiger partial charge in [-0.05, 0) is 86.3 Å². The number of epoxide rings is 1. The minimum absolute atomic E-state index is 0.0201. The second-order valence-electron chi connectivity index (χ2n) is 10.5. The summed E-state index contributed by atoms with van der Waals surface area (Å²) in [5, 5.41) is 0. The average Bonchev–Trinajstić information content (AvgIpc) is 3.71. The quantitative estimate of drug-likeness (QED) is 0.380. The molecule has 2 saturated carbocycles. The molecular formula is C29H35F3O2. The third-order valence-electron chi connectivity index (χ3n) is 8.38. The normalized spacial score (nSPS) is 29.2. The second kappa shape index (κ2) is 10.4. The fourth-order valence-electron chi connectivity index (χ4n) is 5.97. The molecule has 3 fully saturated rings. The van der Waals surface area contributed by atoms with Crippen molar-refractivity contribution >= 4 is 0 Å². The van der Waals surface area contributed by atoms with E-state index in [1.165, 1.54) is 6.42 Å². The van der Waals surface area contributed by atoms with E-state index in [-0.39, 0.29) is 30.5 Å². The Morgan fingerprint density at radius 3 is 2.15 bits per heavy atom. The van der Waals surface area contributed by atoms with Gasteiger partial charge in [-0.15, -0.1) is 0 Å². The summed E-state index contributed by atoms with van der Waals surface area (Å²) in [5.74, 6) is -0.468. The Kier molecular flexibility index (Phi) is 7.31. The Balaban J connectivity index is 1.13. The van der Waals surface area contributed by atoms with Gasteiger partial charge < -0.3 is 9.47 Å². The zero-order valence-electron chi connectivity index (χ0n) is 20.0. The maximum absolute atomic E-state index is 14.9. The van der Waals surface area contributed by atoms with Gasteiger partial charge in [0.2, 0.25) is 0 Å². The number of rotatable bonds is 7. The number of hydrogen-bond donors (Lipinski definition) is 0. The summed E-state index contributed by atoms with van der Waals surface area (Å²) < 4.78 is 55.2. The van der Waals surface area contributed by atoms with E-state index in [0.717, 1.165) is 62.8 Å². The third kappa shape index (κ3) is 5.21. The Morgan fingerprint density at radius 1 is 0.824 bits per heavy atom. The minimum Gasteiger partial charge on any atom is -0.373 e. The molecule has 0 spiro atoms. The molecule has 1 unspecified atom stereocenters. The van der Waals surface area contributed by atoms with E-state index in [2.05, 4.69) is 6.92 Å². The van der Waals surface area contributed by atoms with Crippen LogP contribution in [0.15, 0.2) is 30.3 Å². The van der Waals surface area contributed by atoms with Gasteiger partial charge in [-0.25, -0.2) is 13.2 Å². The van der Waals surface area contributed by atoms with Crippen molar-refractivity contribution < 1.29 is 22.6 Å². The van der Waals surface area contributed by atoms with E-state index in [4.69, 9.17) is 9.47 Å². The second-order valence-corrected chi connectivity index (χ2v) is 10.5. The molecule has 2 aromatic rings. The van der Waals surface area contributed by atoms with E-state index < -0.39 is 11.6 Å². The monoisotopic (exact) mass is 472 g/mol. The van der Waals surface area contributed by atoms with E-state index in [1.54, 1.807) is 18.2 Å². The Morgan fingerprint density at radius 2 is 1.50 bits per heavy atom. The van der Waals surface area contributed by atoms with Crippen molar-refractivity contribution in [1.82, 2.24) is 0 Å². The zero-order valence-corrected chi connectivity index (χ0v) is 20.0. The van der Waals surface area contributed by atoms with Crippen LogP contribution in [0, 0.1) is 23.4 Å². The van der Waals surface area contributed by atoms with Gasteiger partial charge >= 0.3 is 0 Å². The molecule has 2 aliphatic carbocycles. The van der Waals surface area contributed by atoms with Crippen LogP contribution in [0.3, 0.4) is 0 Å². The first kappa shape index (κ1) is 23.9. The van der Waals surface area contributed by atoms with Crippen LogP contribution < -0.4 is 0 Å². The zero-order chi connectivity index (χ0) is 23.7. The van der Waals surface area contributed by atoms with Gasteiger partial charge in [-0.3, -0.25) is 0 Å². The van der Waals surface area contributed by atoms with Gasteiger partial charge in [0.15, 0.2) is 11.6 Å². The van der Waals surface area contributed by atoms with Gasteiger partial charge in [0, 0.05) is 11.1 Å². The van der Waals surface area contributed by atoms with Crippen molar-refractivity contribution in [3.8, 4) is 0 Å². The summed E-state index contributed by atoms with van der Waals surface area (Å²) in [5.41, 5.74) is 2.50. The number of halogens is 3. The molecule has 1 heterocycles. The van der Waals surface area contributed by atoms with Crippen LogP contribution in [0.5, 0.6) is 0 Å². The van der Waals surface area contributed by atoms with Crippen LogP contribution >= 0.6 is 0 Å². The fraction of sp³-hybridized carbons (Fsp3) is 0.586. The van der Waals surface area contributed by atoms with Crippen molar-refractivity contribution in [2.75, 3.05) is 6.61 Å². The first-order chi connectivity index (χ1) is 16.5. The lowest BCUT2D eigenvalue weighted by molar-refractivity contribution is 0.0118. The van der Waals surface area contributed by atoms with Crippen molar-refractivity contribution in [3.63, 3.8) is 0 Å². The maximum Gasteiger partial charge on any atom is 0.164 e. The summed E-state index contributed by atoms with van der Waals surface area (Å²) in [6.45, 7) is 2.89. The molecule has 1 saturated heterocycles. The summed E-state index contributed by atoms with van der Waals surface area (Å²) >= 11 is 0. The summed E-state index contributed by atoms with van der Waals surface area (Å²) in [6, 6.07) is 8.99. The van der Waals surface area contributed by atoms with Crippen molar-refractivity contribution in [2.24, 2.45) is 5.92 Å². The lowest BCUT2D eigenvalue weighted by atomic mass is 9.77. The summed E-state index contributed by atoms with van der Waals surface area (Å²) in [7, 11) is 0. The first-order valence-corrected chi connectivity index (χ1v) is 13.0. The van der Waals surface area contributed by atoms with Crippen LogP contribution in [0.4, 0.5) is 13.2 Å². The molecule has 2 aromatic carbocycles. The molecule has 1 aliphatic heterocycles. The highest BCUT2D eigenvalue weighted by Gasteiger charge is 2.30. The van der Waals surface area contributed by atoms with Gasteiger partial charge in [-0.1, -0.05) is 37.6 Å². The molecule has 3 aliphatic rings. The van der Waals surface area contributed by atoms with Crippen LogP contribution in [-0.4, -0.2) is 12.7 Å². The van der Waals surface area contributed by atoms with Crippen LogP contribution in [0.2, 0.25) is 0 Å². The smallest absolute Gasteiger partial charge is 0.164 e. The number of benzene rings is 2. The largest absolute Gasteiger partial charge is 0.373 e. The highest BCUT2D eigenvalue weighted by molar-refractivity contribution is 5.31. The first-order valence-electron chi connectivity index (χ1n) is 13.0. The molecule has 184 valence electrons. The van der Waals surface area contributed by atoms with Crippen molar-refractivity contribution in [2.45, 2.75) is 95.4 Å². The topological polar surface area (TPSA) is 21.8 Å². The predicted octanol–water partition coefficient (Wildman–Crippen LogP) is 8.10. The molecular weight excluding hydrogens is 437 g/mol. The molecule has 0 aromatic heterocycles. The van der Waals surface area contributed by atoms with Crippen molar-refractivity contribution in [1.29, 1.82) is 0 Å². The van der Waals surface area contributed by atoms with Crippen LogP contribution in [0.1, 0.15) is 105 Å². The fourth-order valence-corrected chi connectivity index (χ4v) is 5.97. The molecule has 0 bridgehead atoms. The Bertz CT molecular complexity index is 987. The molecule has 0 amide bonds. The van der Waals surface area contributed by atoms with E-state index in [9.17, 15) is 13.2 Å². The standard InChI is InChI=1S/C29H35F3O2/c1-2-18-3-5-20(6-4-18)24-13-10-22(28(31)29(24)32)16-33-23-11-7-19(8-12-23)21-9-14-25(26(30)15-21)27-17-34-27/h9-10,13-15,18-20,23,27H,2-8,11-12,16-17H2,1H3. The minimum atomic E-state index is -0.751. The Hall–Kier alpha value is -1.85. The summed E-state index contributed by atoms with van der Waals surface area (Å²) in [6.07, 6.45) is 8.66. The van der Waals surface area contributed by atoms with Gasteiger partial charge in [0.25, 0.3) is 0 Å². The number of hydrogen-bond acceptors (Lipinski definition) is 2. The Labute approximate surface area is 200 Å². The van der Waals surface area contributed by atoms with E-state index in [1.807, 2.05) is 12.1 Å². The van der Waals surface area contributed by atoms with Gasteiger partial charge in [0.1, 0.15) is 11.9 Å². The van der Waals surface area contributed by atoms with Gasteiger partial charge in [-0.2, -0.15) is 0 Å². The maximum atomic E-state index is 14.9. The van der Waals surface area contributed by atoms with E-state index >= 15 is 0 Å². The molecule has 0 radical (unpaired) electrons. The van der Waals surface area contributed by atoms with E-state index in [0.29, 0.717) is 29.2 Å².